The first-order chi connectivity index (χ1) is 14.7. The molecule has 0 atom stereocenters. The Balaban J connectivity index is 1.60. The second kappa shape index (κ2) is 7.40. The third-order valence-electron chi connectivity index (χ3n) is 4.98. The van der Waals surface area contributed by atoms with Crippen LogP contribution in [-0.2, 0) is 0 Å². The zero-order chi connectivity index (χ0) is 20.5. The molecule has 2 heterocycles. The average Bonchev–Trinajstić information content (AvgIpc) is 3.26. The fraction of sp³-hybridized carbons (Fsp3) is 0.0833. The van der Waals surface area contributed by atoms with Crippen molar-refractivity contribution in [3.63, 3.8) is 0 Å². The van der Waals surface area contributed by atoms with Gasteiger partial charge in [0.25, 0.3) is 5.91 Å². The second-order valence-corrected chi connectivity index (χ2v) is 6.79. The molecule has 0 spiro atoms. The minimum Gasteiger partial charge on any atom is -0.495 e. The Morgan fingerprint density at radius 3 is 2.67 bits per heavy atom. The van der Waals surface area contributed by atoms with Gasteiger partial charge in [-0.15, -0.1) is 0 Å². The summed E-state index contributed by atoms with van der Waals surface area (Å²) >= 11 is 0. The first kappa shape index (κ1) is 18.0. The van der Waals surface area contributed by atoms with E-state index in [1.165, 1.54) is 0 Å². The number of fused-ring (bicyclic) bond motifs is 2. The van der Waals surface area contributed by atoms with E-state index in [0.717, 1.165) is 16.5 Å². The molecule has 6 nitrogen and oxygen atoms in total. The van der Waals surface area contributed by atoms with Crippen molar-refractivity contribution in [2.45, 2.75) is 0 Å². The predicted octanol–water partition coefficient (Wildman–Crippen LogP) is 4.89. The highest BCUT2D eigenvalue weighted by Crippen LogP contribution is 2.36. The Hall–Kier alpha value is -4.06. The summed E-state index contributed by atoms with van der Waals surface area (Å²) in [7, 11) is 1.57. The first-order valence-corrected chi connectivity index (χ1v) is 9.47. The maximum Gasteiger partial charge on any atom is 0.256 e. The lowest BCUT2D eigenvalue weighted by Crippen LogP contribution is -2.13. The fourth-order valence-corrected chi connectivity index (χ4v) is 3.50. The molecule has 148 valence electrons. The van der Waals surface area contributed by atoms with Crippen molar-refractivity contribution in [2.75, 3.05) is 19.2 Å². The molecule has 0 unspecified atom stereocenters. The van der Waals surface area contributed by atoms with Gasteiger partial charge in [-0.05, 0) is 42.5 Å². The van der Waals surface area contributed by atoms with Crippen LogP contribution in [0, 0.1) is 0 Å². The molecule has 5 rings (SSSR count). The van der Waals surface area contributed by atoms with Gasteiger partial charge >= 0.3 is 0 Å². The first-order valence-electron chi connectivity index (χ1n) is 9.47. The van der Waals surface area contributed by atoms with E-state index in [4.69, 9.17) is 19.2 Å². The number of ether oxygens (including phenoxy) is 3. The number of nitrogens with one attached hydrogen (secondary N) is 1. The number of anilines is 1. The van der Waals surface area contributed by atoms with Crippen molar-refractivity contribution in [3.8, 4) is 28.5 Å². The number of aromatic nitrogens is 1. The molecule has 0 fully saturated rings. The van der Waals surface area contributed by atoms with E-state index in [-0.39, 0.29) is 12.7 Å². The number of carbonyl (C=O) groups excluding carboxylic acids is 1. The second-order valence-electron chi connectivity index (χ2n) is 6.79. The Morgan fingerprint density at radius 2 is 1.77 bits per heavy atom. The maximum atomic E-state index is 13.2. The van der Waals surface area contributed by atoms with E-state index in [1.807, 2.05) is 54.6 Å². The summed E-state index contributed by atoms with van der Waals surface area (Å²) in [5.41, 5.74) is 3.39. The Kier molecular flexibility index (Phi) is 4.44. The van der Waals surface area contributed by atoms with Crippen LogP contribution in [0.2, 0.25) is 0 Å². The summed E-state index contributed by atoms with van der Waals surface area (Å²) in [6, 6.07) is 22.3. The molecule has 0 saturated carbocycles. The Labute approximate surface area is 173 Å². The van der Waals surface area contributed by atoms with Gasteiger partial charge in [-0.25, -0.2) is 4.98 Å². The summed E-state index contributed by atoms with van der Waals surface area (Å²) < 4.78 is 16.2. The smallest absolute Gasteiger partial charge is 0.256 e. The highest BCUT2D eigenvalue weighted by atomic mass is 16.7. The number of methoxy groups -OCH3 is 1. The van der Waals surface area contributed by atoms with Crippen LogP contribution in [0.5, 0.6) is 17.2 Å². The van der Waals surface area contributed by atoms with Crippen molar-refractivity contribution < 1.29 is 19.0 Å². The zero-order valence-electron chi connectivity index (χ0n) is 16.2. The summed E-state index contributed by atoms with van der Waals surface area (Å²) in [4.78, 5) is 18.0. The van der Waals surface area contributed by atoms with Gasteiger partial charge in [-0.2, -0.15) is 0 Å². The van der Waals surface area contributed by atoms with Crippen LogP contribution < -0.4 is 19.5 Å². The predicted molar refractivity (Wildman–Crippen MR) is 114 cm³/mol. The van der Waals surface area contributed by atoms with Crippen LogP contribution in [0.4, 0.5) is 5.69 Å². The van der Waals surface area contributed by atoms with Gasteiger partial charge in [0.15, 0.2) is 11.5 Å². The van der Waals surface area contributed by atoms with E-state index < -0.39 is 0 Å². The lowest BCUT2D eigenvalue weighted by molar-refractivity contribution is 0.102. The van der Waals surface area contributed by atoms with Gasteiger partial charge in [0.05, 0.1) is 29.6 Å². The molecule has 30 heavy (non-hydrogen) atoms. The lowest BCUT2D eigenvalue weighted by Gasteiger charge is -2.13. The van der Waals surface area contributed by atoms with Gasteiger partial charge in [0.1, 0.15) is 5.75 Å². The number of amides is 1. The van der Waals surface area contributed by atoms with Gasteiger partial charge in [0.2, 0.25) is 6.79 Å². The maximum absolute atomic E-state index is 13.2. The van der Waals surface area contributed by atoms with Crippen LogP contribution in [0.1, 0.15) is 10.4 Å². The molecule has 1 aliphatic heterocycles. The molecule has 3 aromatic carbocycles. The van der Waals surface area contributed by atoms with Crippen LogP contribution >= 0.6 is 0 Å². The molecule has 0 bridgehead atoms. The number of carbonyl (C=O) groups is 1. The normalized spacial score (nSPS) is 12.0. The standard InChI is InChI=1S/C24H18N2O4/c1-28-21-9-5-4-8-19(21)26-24(27)17-13-20(25-18-7-3-2-6-16(17)18)15-10-11-22-23(12-15)30-14-29-22/h2-13H,14H2,1H3,(H,26,27). The van der Waals surface area contributed by atoms with Crippen molar-refractivity contribution in [3.05, 3.63) is 78.4 Å². The quantitative estimate of drug-likeness (QED) is 0.530. The number of nitrogens with zero attached hydrogens (tertiary/aromatic N) is 1. The molecule has 1 aliphatic rings. The summed E-state index contributed by atoms with van der Waals surface area (Å²) in [6.07, 6.45) is 0. The van der Waals surface area contributed by atoms with E-state index in [0.29, 0.717) is 34.2 Å². The highest BCUT2D eigenvalue weighted by Gasteiger charge is 2.18. The van der Waals surface area contributed by atoms with Gasteiger partial charge < -0.3 is 19.5 Å². The fourth-order valence-electron chi connectivity index (χ4n) is 3.50. The van der Waals surface area contributed by atoms with Crippen molar-refractivity contribution >= 4 is 22.5 Å². The molecule has 0 saturated heterocycles. The van der Waals surface area contributed by atoms with Crippen LogP contribution in [0.25, 0.3) is 22.2 Å². The highest BCUT2D eigenvalue weighted by molar-refractivity contribution is 6.13. The topological polar surface area (TPSA) is 69.7 Å². The number of hydrogen-bond donors (Lipinski definition) is 1. The number of hydrogen-bond acceptors (Lipinski definition) is 5. The number of pyridine rings is 1. The molecule has 1 amide bonds. The molecule has 0 aliphatic carbocycles. The number of para-hydroxylation sites is 3. The summed E-state index contributed by atoms with van der Waals surface area (Å²) in [5.74, 6) is 1.73. The van der Waals surface area contributed by atoms with E-state index in [1.54, 1.807) is 25.3 Å². The number of benzene rings is 3. The molecule has 4 aromatic rings. The summed E-state index contributed by atoms with van der Waals surface area (Å²) in [5, 5.41) is 3.73. The van der Waals surface area contributed by atoms with Gasteiger partial charge in [0, 0.05) is 10.9 Å². The van der Waals surface area contributed by atoms with Crippen LogP contribution in [-0.4, -0.2) is 24.8 Å². The third-order valence-corrected chi connectivity index (χ3v) is 4.98. The molecular weight excluding hydrogens is 380 g/mol. The van der Waals surface area contributed by atoms with Crippen LogP contribution in [0.3, 0.4) is 0 Å². The number of rotatable bonds is 4. The van der Waals surface area contributed by atoms with E-state index in [9.17, 15) is 4.79 Å². The van der Waals surface area contributed by atoms with Crippen molar-refractivity contribution in [1.29, 1.82) is 0 Å². The largest absolute Gasteiger partial charge is 0.495 e. The van der Waals surface area contributed by atoms with Crippen molar-refractivity contribution in [2.24, 2.45) is 0 Å². The van der Waals surface area contributed by atoms with Gasteiger partial charge in [-0.1, -0.05) is 30.3 Å². The monoisotopic (exact) mass is 398 g/mol. The average molecular weight is 398 g/mol. The van der Waals surface area contributed by atoms with Crippen molar-refractivity contribution in [1.82, 2.24) is 4.98 Å². The minimum atomic E-state index is -0.236. The molecule has 1 N–H and O–H groups in total. The van der Waals surface area contributed by atoms with Gasteiger partial charge in [-0.3, -0.25) is 4.79 Å². The third kappa shape index (κ3) is 3.18. The minimum absolute atomic E-state index is 0.205. The molecule has 1 aromatic heterocycles. The van der Waals surface area contributed by atoms with E-state index in [2.05, 4.69) is 5.32 Å². The Bertz CT molecular complexity index is 1270. The molecule has 0 radical (unpaired) electrons. The molecular formula is C24H18N2O4. The zero-order valence-corrected chi connectivity index (χ0v) is 16.2. The Morgan fingerprint density at radius 1 is 0.967 bits per heavy atom. The van der Waals surface area contributed by atoms with Crippen LogP contribution in [0.15, 0.2) is 72.8 Å². The lowest BCUT2D eigenvalue weighted by atomic mass is 10.0. The summed E-state index contributed by atoms with van der Waals surface area (Å²) in [6.45, 7) is 0.205. The van der Waals surface area contributed by atoms with E-state index >= 15 is 0 Å². The SMILES string of the molecule is COc1ccccc1NC(=O)c1cc(-c2ccc3c(c2)OCO3)nc2ccccc12. The molecule has 6 heteroatoms.